The van der Waals surface area contributed by atoms with Gasteiger partial charge in [-0.25, -0.2) is 0 Å². The molecule has 1 unspecified atom stereocenters. The number of hydrogen-bond acceptors (Lipinski definition) is 2. The first-order chi connectivity index (χ1) is 12.8. The fourth-order valence-corrected chi connectivity index (χ4v) is 3.89. The number of aliphatic imine (C=N–C) groups is 1. The van der Waals surface area contributed by atoms with E-state index in [1.165, 1.54) is 68.3 Å². The fourth-order valence-electron chi connectivity index (χ4n) is 3.89. The zero-order chi connectivity index (χ0) is 19.4. The van der Waals surface area contributed by atoms with Gasteiger partial charge in [0, 0.05) is 12.2 Å². The van der Waals surface area contributed by atoms with Crippen LogP contribution in [0.5, 0.6) is 0 Å². The summed E-state index contributed by atoms with van der Waals surface area (Å²) in [6, 6.07) is 7.62. The summed E-state index contributed by atoms with van der Waals surface area (Å²) < 4.78 is 0. The van der Waals surface area contributed by atoms with Gasteiger partial charge in [-0.3, -0.25) is 4.99 Å². The minimum atomic E-state index is 0.780. The predicted molar refractivity (Wildman–Crippen MR) is 118 cm³/mol. The quantitative estimate of drug-likeness (QED) is 0.351. The van der Waals surface area contributed by atoms with Gasteiger partial charge in [0.2, 0.25) is 0 Å². The Kier molecular flexibility index (Phi) is 10.9. The van der Waals surface area contributed by atoms with Gasteiger partial charge in [-0.05, 0) is 80.6 Å². The van der Waals surface area contributed by atoms with Crippen LogP contribution < -0.4 is 0 Å². The van der Waals surface area contributed by atoms with E-state index in [-0.39, 0.29) is 0 Å². The van der Waals surface area contributed by atoms with E-state index in [9.17, 15) is 0 Å². The van der Waals surface area contributed by atoms with Gasteiger partial charge in [-0.1, -0.05) is 58.5 Å². The van der Waals surface area contributed by atoms with Crippen LogP contribution in [0.4, 0.5) is 0 Å². The summed E-state index contributed by atoms with van der Waals surface area (Å²) in [6.45, 7) is 18.1. The monoisotopic (exact) mass is 354 g/mol. The lowest BCUT2D eigenvalue weighted by atomic mass is 9.97. The molecule has 1 aromatic carbocycles. The maximum absolute atomic E-state index is 3.89. The smallest absolute Gasteiger partial charge is 0.0338 e. The number of rotatable bonds is 4. The first kappa shape index (κ1) is 22.4. The summed E-state index contributed by atoms with van der Waals surface area (Å²) in [6.07, 6.45) is 11.4. The zero-order valence-corrected chi connectivity index (χ0v) is 17.4. The second-order valence-corrected chi connectivity index (χ2v) is 6.43. The average Bonchev–Trinajstić information content (AvgIpc) is 3.16. The summed E-state index contributed by atoms with van der Waals surface area (Å²) in [5.74, 6) is 0. The molecule has 0 N–H and O–H groups in total. The Morgan fingerprint density at radius 3 is 2.23 bits per heavy atom. The summed E-state index contributed by atoms with van der Waals surface area (Å²) in [5, 5.41) is 0. The molecule has 26 heavy (non-hydrogen) atoms. The Bertz CT molecular complexity index is 580. The van der Waals surface area contributed by atoms with Crippen LogP contribution in [0.25, 0.3) is 5.57 Å². The van der Waals surface area contributed by atoms with Gasteiger partial charge in [0.25, 0.3) is 0 Å². The van der Waals surface area contributed by atoms with Crippen molar-refractivity contribution < 1.29 is 0 Å². The standard InChI is InChI=1S/C20H26N2.2C2H6/c1-3-16(15-21-2)18-7-6-17-8-10-20(11-9-19(17)14-18)22-12-4-5-13-22;2*1-2/h3,6-7,14-15,20H,1-2,4-5,8-13H2;2*1-2H3/b16-15+;;. The summed E-state index contributed by atoms with van der Waals surface area (Å²) >= 11 is 0. The SMILES string of the molecule is C=C/C(=C\N=C)c1ccc2c(c1)CCC(N1CCCC1)CC2.CC.CC. The molecule has 1 aliphatic carbocycles. The van der Waals surface area contributed by atoms with Crippen LogP contribution in [0.3, 0.4) is 0 Å². The molecule has 0 radical (unpaired) electrons. The lowest BCUT2D eigenvalue weighted by Crippen LogP contribution is -2.32. The van der Waals surface area contributed by atoms with Crippen LogP contribution in [0.1, 0.15) is 70.1 Å². The molecule has 1 aromatic rings. The van der Waals surface area contributed by atoms with Crippen molar-refractivity contribution in [3.8, 4) is 0 Å². The zero-order valence-electron chi connectivity index (χ0n) is 17.4. The second-order valence-electron chi connectivity index (χ2n) is 6.43. The highest BCUT2D eigenvalue weighted by Crippen LogP contribution is 2.28. The maximum atomic E-state index is 3.89. The number of nitrogens with zero attached hydrogens (tertiary/aromatic N) is 2. The summed E-state index contributed by atoms with van der Waals surface area (Å²) in [7, 11) is 0. The van der Waals surface area contributed by atoms with Gasteiger partial charge in [0.1, 0.15) is 0 Å². The number of allylic oxidation sites excluding steroid dienone is 2. The molecule has 2 heteroatoms. The van der Waals surface area contributed by atoms with E-state index in [1.54, 1.807) is 6.20 Å². The lowest BCUT2D eigenvalue weighted by molar-refractivity contribution is 0.222. The highest BCUT2D eigenvalue weighted by atomic mass is 15.2. The summed E-state index contributed by atoms with van der Waals surface area (Å²) in [4.78, 5) is 6.60. The van der Waals surface area contributed by atoms with Gasteiger partial charge in [0.15, 0.2) is 0 Å². The van der Waals surface area contributed by atoms with Crippen LogP contribution in [0, 0.1) is 0 Å². The van der Waals surface area contributed by atoms with Crippen molar-refractivity contribution in [1.82, 2.24) is 4.90 Å². The topological polar surface area (TPSA) is 15.6 Å². The maximum Gasteiger partial charge on any atom is 0.0338 e. The highest BCUT2D eigenvalue weighted by Gasteiger charge is 2.24. The van der Waals surface area contributed by atoms with Gasteiger partial charge in [-0.15, -0.1) is 0 Å². The van der Waals surface area contributed by atoms with Crippen molar-refractivity contribution in [3.05, 3.63) is 53.7 Å². The van der Waals surface area contributed by atoms with Gasteiger partial charge in [0.05, 0.1) is 0 Å². The van der Waals surface area contributed by atoms with Crippen molar-refractivity contribution in [2.45, 2.75) is 72.3 Å². The third-order valence-corrected chi connectivity index (χ3v) is 5.14. The van der Waals surface area contributed by atoms with Crippen molar-refractivity contribution in [2.75, 3.05) is 13.1 Å². The second kappa shape index (κ2) is 12.6. The lowest BCUT2D eigenvalue weighted by Gasteiger charge is -2.26. The summed E-state index contributed by atoms with van der Waals surface area (Å²) in [5.41, 5.74) is 5.30. The van der Waals surface area contributed by atoms with Gasteiger partial charge >= 0.3 is 0 Å². The number of hydrogen-bond donors (Lipinski definition) is 0. The Labute approximate surface area is 161 Å². The third-order valence-electron chi connectivity index (χ3n) is 5.14. The Morgan fingerprint density at radius 1 is 1.04 bits per heavy atom. The molecule has 0 aromatic heterocycles. The highest BCUT2D eigenvalue weighted by molar-refractivity contribution is 5.74. The molecule has 1 saturated heterocycles. The van der Waals surface area contributed by atoms with E-state index in [0.717, 1.165) is 11.6 Å². The van der Waals surface area contributed by atoms with Crippen molar-refractivity contribution in [3.63, 3.8) is 0 Å². The van der Waals surface area contributed by atoms with Crippen LogP contribution in [-0.4, -0.2) is 30.7 Å². The first-order valence-electron chi connectivity index (χ1n) is 10.5. The predicted octanol–water partition coefficient (Wildman–Crippen LogP) is 6.31. The molecule has 0 amide bonds. The molecule has 3 rings (SSSR count). The third kappa shape index (κ3) is 5.95. The van der Waals surface area contributed by atoms with E-state index < -0.39 is 0 Å². The van der Waals surface area contributed by atoms with Crippen molar-refractivity contribution >= 4 is 12.3 Å². The number of aryl methyl sites for hydroxylation is 2. The minimum Gasteiger partial charge on any atom is -0.300 e. The largest absolute Gasteiger partial charge is 0.300 e. The normalized spacial score (nSPS) is 19.8. The van der Waals surface area contributed by atoms with Crippen LogP contribution in [0.2, 0.25) is 0 Å². The molecule has 1 heterocycles. The van der Waals surface area contributed by atoms with E-state index in [0.29, 0.717) is 0 Å². The molecular weight excluding hydrogens is 316 g/mol. The van der Waals surface area contributed by atoms with E-state index in [2.05, 4.69) is 41.4 Å². The Balaban J connectivity index is 0.000000791. The average molecular weight is 355 g/mol. The van der Waals surface area contributed by atoms with Crippen LogP contribution in [-0.2, 0) is 12.8 Å². The van der Waals surface area contributed by atoms with Gasteiger partial charge in [-0.2, -0.15) is 0 Å². The minimum absolute atomic E-state index is 0.780. The molecule has 2 nitrogen and oxygen atoms in total. The molecular formula is C24H38N2. The Morgan fingerprint density at radius 2 is 1.65 bits per heavy atom. The molecule has 0 saturated carbocycles. The number of benzene rings is 1. The van der Waals surface area contributed by atoms with E-state index in [4.69, 9.17) is 0 Å². The van der Waals surface area contributed by atoms with E-state index in [1.807, 2.05) is 33.8 Å². The van der Waals surface area contributed by atoms with E-state index >= 15 is 0 Å². The fraction of sp³-hybridized carbons (Fsp3) is 0.542. The number of likely N-dealkylation sites (tertiary alicyclic amines) is 1. The van der Waals surface area contributed by atoms with Crippen molar-refractivity contribution in [1.29, 1.82) is 0 Å². The Hall–Kier alpha value is -1.67. The molecule has 1 atom stereocenters. The van der Waals surface area contributed by atoms with Crippen molar-refractivity contribution in [2.24, 2.45) is 4.99 Å². The molecule has 1 aliphatic heterocycles. The first-order valence-corrected chi connectivity index (χ1v) is 10.5. The molecule has 144 valence electrons. The van der Waals surface area contributed by atoms with Crippen LogP contribution >= 0.6 is 0 Å². The van der Waals surface area contributed by atoms with Crippen LogP contribution in [0.15, 0.2) is 42.0 Å². The van der Waals surface area contributed by atoms with Gasteiger partial charge < -0.3 is 4.90 Å². The molecule has 0 spiro atoms. The molecule has 2 aliphatic rings. The molecule has 1 fully saturated rings. The molecule has 0 bridgehead atoms. The number of fused-ring (bicyclic) bond motifs is 1.